The zero-order chi connectivity index (χ0) is 23.9. The van der Waals surface area contributed by atoms with Gasteiger partial charge in [0.2, 0.25) is 5.72 Å². The van der Waals surface area contributed by atoms with Gasteiger partial charge in [0.15, 0.2) is 0 Å². The lowest BCUT2D eigenvalue weighted by atomic mass is 9.76. The number of nitrogens with zero attached hydrogens (tertiary/aromatic N) is 2. The van der Waals surface area contributed by atoms with Gasteiger partial charge in [-0.15, -0.1) is 11.3 Å². The number of likely N-dealkylation sites (N-methyl/N-ethyl adjacent to an activating group) is 1. The van der Waals surface area contributed by atoms with E-state index in [4.69, 9.17) is 21.3 Å². The van der Waals surface area contributed by atoms with Crippen molar-refractivity contribution < 1.29 is 4.74 Å². The van der Waals surface area contributed by atoms with Gasteiger partial charge in [0.05, 0.1) is 21.2 Å². The van der Waals surface area contributed by atoms with Crippen LogP contribution < -0.4 is 9.64 Å². The Hall–Kier alpha value is -3.34. The lowest BCUT2D eigenvalue weighted by Crippen LogP contribution is -2.58. The standard InChI is InChI=1S/C30H23ClN2OS/c1-29(2)23-17-19(31)12-13-25(23)33(3)30(29)15-14-21-20-9-5-4-8-18(20)16-22(27(21)34-30)28-32-24-10-6-7-11-26(24)35-28/h4-17H,1-3H3. The highest BCUT2D eigenvalue weighted by Crippen LogP contribution is 2.56. The Morgan fingerprint density at radius 2 is 1.77 bits per heavy atom. The summed E-state index contributed by atoms with van der Waals surface area (Å²) in [6.45, 7) is 4.47. The van der Waals surface area contributed by atoms with Gasteiger partial charge in [-0.25, -0.2) is 4.98 Å². The Kier molecular flexibility index (Phi) is 4.25. The van der Waals surface area contributed by atoms with E-state index in [-0.39, 0.29) is 5.41 Å². The number of ether oxygens (including phenoxy) is 1. The third-order valence-corrected chi connectivity index (χ3v) is 8.99. The molecular weight excluding hydrogens is 472 g/mol. The summed E-state index contributed by atoms with van der Waals surface area (Å²) in [4.78, 5) is 7.25. The largest absolute Gasteiger partial charge is 0.462 e. The van der Waals surface area contributed by atoms with Crippen molar-refractivity contribution >= 4 is 55.7 Å². The molecule has 0 saturated carbocycles. The number of thiazole rings is 1. The molecular formula is C30H23ClN2OS. The molecule has 1 aromatic heterocycles. The molecule has 3 nitrogen and oxygen atoms in total. The normalized spacial score (nSPS) is 19.8. The van der Waals surface area contributed by atoms with Crippen molar-refractivity contribution in [1.82, 2.24) is 4.98 Å². The maximum Gasteiger partial charge on any atom is 0.211 e. The molecule has 0 N–H and O–H groups in total. The van der Waals surface area contributed by atoms with E-state index < -0.39 is 5.72 Å². The highest BCUT2D eigenvalue weighted by atomic mass is 35.5. The molecule has 3 heterocycles. The van der Waals surface area contributed by atoms with Gasteiger partial charge in [-0.1, -0.05) is 48.0 Å². The van der Waals surface area contributed by atoms with Crippen molar-refractivity contribution in [2.75, 3.05) is 11.9 Å². The lowest BCUT2D eigenvalue weighted by molar-refractivity contribution is 0.0590. The zero-order valence-corrected chi connectivity index (χ0v) is 21.2. The van der Waals surface area contributed by atoms with Crippen LogP contribution in [-0.2, 0) is 5.41 Å². The van der Waals surface area contributed by atoms with Crippen LogP contribution in [0.5, 0.6) is 5.75 Å². The number of hydrogen-bond acceptors (Lipinski definition) is 4. The maximum atomic E-state index is 7.18. The fourth-order valence-corrected chi connectivity index (χ4v) is 6.92. The van der Waals surface area contributed by atoms with E-state index in [1.54, 1.807) is 11.3 Å². The summed E-state index contributed by atoms with van der Waals surface area (Å²) in [5.74, 6) is 0.879. The molecule has 0 amide bonds. The molecule has 0 fully saturated rings. The second-order valence-electron chi connectivity index (χ2n) is 9.85. The predicted molar refractivity (Wildman–Crippen MR) is 148 cm³/mol. The molecule has 2 aliphatic rings. The first kappa shape index (κ1) is 21.0. The van der Waals surface area contributed by atoms with Crippen LogP contribution in [0.2, 0.25) is 5.02 Å². The molecule has 0 aliphatic carbocycles. The number of anilines is 1. The number of hydrogen-bond donors (Lipinski definition) is 0. The van der Waals surface area contributed by atoms with Gasteiger partial charge < -0.3 is 9.64 Å². The van der Waals surface area contributed by atoms with Gasteiger partial charge in [0, 0.05) is 23.3 Å². The molecule has 7 rings (SSSR count). The van der Waals surface area contributed by atoms with Crippen LogP contribution in [-0.4, -0.2) is 17.8 Å². The first-order chi connectivity index (χ1) is 16.9. The molecule has 4 aromatic carbocycles. The van der Waals surface area contributed by atoms with Gasteiger partial charge in [-0.2, -0.15) is 0 Å². The van der Waals surface area contributed by atoms with Crippen molar-refractivity contribution in [3.8, 4) is 16.3 Å². The molecule has 0 bridgehead atoms. The van der Waals surface area contributed by atoms with Crippen LogP contribution in [0.1, 0.15) is 25.0 Å². The highest BCUT2D eigenvalue weighted by Gasteiger charge is 2.58. The summed E-state index contributed by atoms with van der Waals surface area (Å²) in [5, 5.41) is 4.07. The highest BCUT2D eigenvalue weighted by molar-refractivity contribution is 7.21. The molecule has 0 saturated heterocycles. The van der Waals surface area contributed by atoms with E-state index in [1.165, 1.54) is 21.0 Å². The average Bonchev–Trinajstić information content (AvgIpc) is 3.36. The van der Waals surface area contributed by atoms with Crippen molar-refractivity contribution in [3.63, 3.8) is 0 Å². The monoisotopic (exact) mass is 494 g/mol. The smallest absolute Gasteiger partial charge is 0.211 e. The first-order valence-electron chi connectivity index (χ1n) is 11.7. The molecule has 0 radical (unpaired) electrons. The number of para-hydroxylation sites is 1. The van der Waals surface area contributed by atoms with Gasteiger partial charge in [0.25, 0.3) is 0 Å². The van der Waals surface area contributed by atoms with E-state index in [0.717, 1.165) is 38.1 Å². The molecule has 1 spiro atoms. The van der Waals surface area contributed by atoms with E-state index >= 15 is 0 Å². The van der Waals surface area contributed by atoms with Crippen LogP contribution in [0.3, 0.4) is 0 Å². The number of aromatic nitrogens is 1. The minimum absolute atomic E-state index is 0.341. The maximum absolute atomic E-state index is 7.18. The summed E-state index contributed by atoms with van der Waals surface area (Å²) in [6, 6.07) is 25.1. The fraction of sp³-hybridized carbons (Fsp3) is 0.167. The Bertz CT molecular complexity index is 1670. The van der Waals surface area contributed by atoms with Crippen LogP contribution >= 0.6 is 22.9 Å². The van der Waals surface area contributed by atoms with Gasteiger partial charge in [-0.3, -0.25) is 0 Å². The van der Waals surface area contributed by atoms with Crippen LogP contribution in [0.4, 0.5) is 5.69 Å². The van der Waals surface area contributed by atoms with Crippen LogP contribution in [0.15, 0.2) is 78.9 Å². The first-order valence-corrected chi connectivity index (χ1v) is 12.9. The number of rotatable bonds is 1. The summed E-state index contributed by atoms with van der Waals surface area (Å²) >= 11 is 8.14. The summed E-state index contributed by atoms with van der Waals surface area (Å²) in [5.41, 5.74) is 4.42. The lowest BCUT2D eigenvalue weighted by Gasteiger charge is -2.46. The second kappa shape index (κ2) is 7.09. The summed E-state index contributed by atoms with van der Waals surface area (Å²) in [6.07, 6.45) is 4.46. The van der Waals surface area contributed by atoms with Crippen molar-refractivity contribution in [2.24, 2.45) is 0 Å². The zero-order valence-electron chi connectivity index (χ0n) is 19.7. The van der Waals surface area contributed by atoms with Crippen molar-refractivity contribution in [1.29, 1.82) is 0 Å². The minimum atomic E-state index is -0.694. The summed E-state index contributed by atoms with van der Waals surface area (Å²) in [7, 11) is 2.11. The third-order valence-electron chi connectivity index (χ3n) is 7.69. The van der Waals surface area contributed by atoms with E-state index in [9.17, 15) is 0 Å². The fourth-order valence-electron chi connectivity index (χ4n) is 5.77. The van der Waals surface area contributed by atoms with Crippen molar-refractivity contribution in [2.45, 2.75) is 25.0 Å². The molecule has 5 aromatic rings. The molecule has 5 heteroatoms. The molecule has 2 aliphatic heterocycles. The number of fused-ring (bicyclic) bond motifs is 5. The van der Waals surface area contributed by atoms with E-state index in [1.807, 2.05) is 12.1 Å². The average molecular weight is 495 g/mol. The van der Waals surface area contributed by atoms with Gasteiger partial charge in [-0.05, 0) is 78.7 Å². The Balaban J connectivity index is 1.49. The van der Waals surface area contributed by atoms with Crippen LogP contribution in [0.25, 0.3) is 37.6 Å². The second-order valence-corrected chi connectivity index (χ2v) is 11.3. The Morgan fingerprint density at radius 1 is 0.971 bits per heavy atom. The van der Waals surface area contributed by atoms with Crippen LogP contribution in [0, 0.1) is 0 Å². The Labute approximate surface area is 213 Å². The van der Waals surface area contributed by atoms with E-state index in [2.05, 4.69) is 98.6 Å². The summed E-state index contributed by atoms with van der Waals surface area (Å²) < 4.78 is 8.35. The quantitative estimate of drug-likeness (QED) is 0.234. The predicted octanol–water partition coefficient (Wildman–Crippen LogP) is 8.30. The number of benzene rings is 4. The third kappa shape index (κ3) is 2.75. The minimum Gasteiger partial charge on any atom is -0.462 e. The molecule has 172 valence electrons. The molecule has 1 unspecified atom stereocenters. The van der Waals surface area contributed by atoms with Gasteiger partial charge >= 0.3 is 0 Å². The molecule has 35 heavy (non-hydrogen) atoms. The topological polar surface area (TPSA) is 25.4 Å². The van der Waals surface area contributed by atoms with Gasteiger partial charge in [0.1, 0.15) is 10.8 Å². The Morgan fingerprint density at radius 3 is 2.63 bits per heavy atom. The van der Waals surface area contributed by atoms with Crippen molar-refractivity contribution in [3.05, 3.63) is 95.0 Å². The van der Waals surface area contributed by atoms with E-state index in [0.29, 0.717) is 0 Å². The SMILES string of the molecule is CN1c2ccc(Cl)cc2C(C)(C)C12C=Cc1c(c(-c3nc4ccccc4s3)cc3ccccc13)O2. The number of halogens is 1. The molecule has 1 atom stereocenters.